The maximum absolute atomic E-state index is 12.9. The second-order valence-corrected chi connectivity index (χ2v) is 11.7. The summed E-state index contributed by atoms with van der Waals surface area (Å²) in [5.41, 5.74) is -0.270. The molecule has 5 saturated carbocycles. The summed E-state index contributed by atoms with van der Waals surface area (Å²) in [6, 6.07) is 0. The van der Waals surface area contributed by atoms with Crippen LogP contribution in [0.25, 0.3) is 0 Å². The zero-order valence-electron chi connectivity index (χ0n) is 18.0. The number of rotatable bonds is 4. The van der Waals surface area contributed by atoms with E-state index >= 15 is 0 Å². The van der Waals surface area contributed by atoms with E-state index in [1.165, 1.54) is 51.4 Å². The van der Waals surface area contributed by atoms with E-state index in [0.29, 0.717) is 18.3 Å². The van der Waals surface area contributed by atoms with Gasteiger partial charge in [-0.1, -0.05) is 33.1 Å². The molecule has 0 amide bonds. The predicted molar refractivity (Wildman–Crippen MR) is 108 cm³/mol. The van der Waals surface area contributed by atoms with Crippen molar-refractivity contribution in [2.45, 2.75) is 91.1 Å². The molecule has 5 aliphatic rings. The molecule has 0 spiro atoms. The fourth-order valence-corrected chi connectivity index (χ4v) is 9.03. The monoisotopic (exact) mass is 372 g/mol. The van der Waals surface area contributed by atoms with Crippen molar-refractivity contribution in [3.63, 3.8) is 0 Å². The van der Waals surface area contributed by atoms with Crippen LogP contribution >= 0.6 is 0 Å². The minimum Gasteiger partial charge on any atom is -0.459 e. The number of ether oxygens (including phenoxy) is 1. The molecule has 0 aromatic rings. The second kappa shape index (κ2) is 6.49. The lowest BCUT2D eigenvalue weighted by Gasteiger charge is -2.43. The number of fused-ring (bicyclic) bond motifs is 9. The average molecular weight is 373 g/mol. The fourth-order valence-electron chi connectivity index (χ4n) is 9.03. The Labute approximate surface area is 166 Å². The summed E-state index contributed by atoms with van der Waals surface area (Å²) in [5, 5.41) is 0. The summed E-state index contributed by atoms with van der Waals surface area (Å²) in [7, 11) is 0. The molecule has 0 radical (unpaired) electrons. The molecule has 2 nitrogen and oxygen atoms in total. The van der Waals surface area contributed by atoms with Crippen LogP contribution in [0.3, 0.4) is 0 Å². The van der Waals surface area contributed by atoms with Crippen LogP contribution in [0.5, 0.6) is 0 Å². The number of esters is 1. The van der Waals surface area contributed by atoms with Gasteiger partial charge in [0.05, 0.1) is 0 Å². The first-order valence-corrected chi connectivity index (χ1v) is 12.1. The molecule has 4 bridgehead atoms. The van der Waals surface area contributed by atoms with Crippen LogP contribution in [0.4, 0.5) is 0 Å². The third-order valence-electron chi connectivity index (χ3n) is 10.4. The van der Waals surface area contributed by atoms with E-state index in [9.17, 15) is 4.79 Å². The molecule has 0 saturated heterocycles. The zero-order chi connectivity index (χ0) is 18.9. The molecule has 0 heterocycles. The SMILES string of the molecule is CC1C(C)C2CC1C1C3CC(CC(=O)OC(C)(C)C4CCCCC4)C(C3)C21. The molecule has 152 valence electrons. The van der Waals surface area contributed by atoms with E-state index in [1.807, 2.05) is 0 Å². The van der Waals surface area contributed by atoms with Crippen molar-refractivity contribution in [2.75, 3.05) is 0 Å². The van der Waals surface area contributed by atoms with Crippen LogP contribution in [-0.4, -0.2) is 11.6 Å². The standard InChI is InChI=1S/C25H40O2/c1-14-15(2)20-13-19(14)23-17-10-16(21(11-17)24(20)23)12-22(26)27-25(3,4)18-8-6-5-7-9-18/h14-21,23-24H,5-13H2,1-4H3. The van der Waals surface area contributed by atoms with Crippen LogP contribution in [-0.2, 0) is 9.53 Å². The van der Waals surface area contributed by atoms with Crippen molar-refractivity contribution in [1.82, 2.24) is 0 Å². The van der Waals surface area contributed by atoms with Gasteiger partial charge in [0.15, 0.2) is 0 Å². The summed E-state index contributed by atoms with van der Waals surface area (Å²) in [6.45, 7) is 9.35. The van der Waals surface area contributed by atoms with Gasteiger partial charge in [-0.05, 0) is 105 Å². The van der Waals surface area contributed by atoms with Crippen molar-refractivity contribution in [3.05, 3.63) is 0 Å². The highest BCUT2D eigenvalue weighted by molar-refractivity contribution is 5.70. The molecule has 9 unspecified atom stereocenters. The van der Waals surface area contributed by atoms with Gasteiger partial charge in [0.2, 0.25) is 0 Å². The summed E-state index contributed by atoms with van der Waals surface area (Å²) >= 11 is 0. The van der Waals surface area contributed by atoms with Gasteiger partial charge in [0.25, 0.3) is 0 Å². The summed E-state index contributed by atoms with van der Waals surface area (Å²) < 4.78 is 6.12. The topological polar surface area (TPSA) is 26.3 Å². The van der Waals surface area contributed by atoms with Crippen LogP contribution in [0.1, 0.15) is 85.5 Å². The Kier molecular flexibility index (Phi) is 4.45. The molecular formula is C25H40O2. The number of hydrogen-bond acceptors (Lipinski definition) is 2. The molecule has 0 aromatic carbocycles. The van der Waals surface area contributed by atoms with Gasteiger partial charge >= 0.3 is 5.97 Å². The Morgan fingerprint density at radius 2 is 1.56 bits per heavy atom. The van der Waals surface area contributed by atoms with Crippen molar-refractivity contribution in [3.8, 4) is 0 Å². The first-order chi connectivity index (χ1) is 12.9. The molecule has 5 aliphatic carbocycles. The molecular weight excluding hydrogens is 332 g/mol. The Bertz CT molecular complexity index is 589. The van der Waals surface area contributed by atoms with Crippen molar-refractivity contribution < 1.29 is 9.53 Å². The van der Waals surface area contributed by atoms with E-state index in [1.54, 1.807) is 0 Å². The smallest absolute Gasteiger partial charge is 0.306 e. The highest BCUT2D eigenvalue weighted by atomic mass is 16.6. The highest BCUT2D eigenvalue weighted by Crippen LogP contribution is 2.71. The summed E-state index contributed by atoms with van der Waals surface area (Å²) in [4.78, 5) is 12.9. The zero-order valence-corrected chi connectivity index (χ0v) is 18.0. The third-order valence-corrected chi connectivity index (χ3v) is 10.4. The molecule has 0 aromatic heterocycles. The number of hydrogen-bond donors (Lipinski definition) is 0. The molecule has 2 heteroatoms. The third kappa shape index (κ3) is 2.83. The molecule has 27 heavy (non-hydrogen) atoms. The quantitative estimate of drug-likeness (QED) is 0.441. The van der Waals surface area contributed by atoms with Crippen LogP contribution in [0.2, 0.25) is 0 Å². The van der Waals surface area contributed by atoms with Gasteiger partial charge in [-0.25, -0.2) is 0 Å². The minimum absolute atomic E-state index is 0.101. The second-order valence-electron chi connectivity index (χ2n) is 11.7. The molecule has 5 rings (SSSR count). The van der Waals surface area contributed by atoms with Gasteiger partial charge in [-0.2, -0.15) is 0 Å². The summed E-state index contributed by atoms with van der Waals surface area (Å²) in [5.74, 6) is 8.81. The first-order valence-electron chi connectivity index (χ1n) is 12.1. The lowest BCUT2D eigenvalue weighted by molar-refractivity contribution is -0.165. The maximum atomic E-state index is 12.9. The molecule has 0 N–H and O–H groups in total. The van der Waals surface area contributed by atoms with Crippen LogP contribution in [0.15, 0.2) is 0 Å². The van der Waals surface area contributed by atoms with E-state index in [0.717, 1.165) is 47.3 Å². The average Bonchev–Trinajstić information content (AvgIpc) is 3.35. The fraction of sp³-hybridized carbons (Fsp3) is 0.960. The van der Waals surface area contributed by atoms with Gasteiger partial charge in [0, 0.05) is 6.42 Å². The first kappa shape index (κ1) is 18.5. The van der Waals surface area contributed by atoms with Gasteiger partial charge in [-0.15, -0.1) is 0 Å². The van der Waals surface area contributed by atoms with E-state index in [2.05, 4.69) is 27.7 Å². The van der Waals surface area contributed by atoms with Crippen molar-refractivity contribution in [2.24, 2.45) is 59.2 Å². The van der Waals surface area contributed by atoms with Crippen LogP contribution < -0.4 is 0 Å². The van der Waals surface area contributed by atoms with Gasteiger partial charge < -0.3 is 4.74 Å². The number of carbonyl (C=O) groups is 1. The van der Waals surface area contributed by atoms with Gasteiger partial charge in [-0.3, -0.25) is 4.79 Å². The predicted octanol–water partition coefficient (Wildman–Crippen LogP) is 6.09. The van der Waals surface area contributed by atoms with Crippen molar-refractivity contribution >= 4 is 5.97 Å². The largest absolute Gasteiger partial charge is 0.459 e. The molecule has 0 aliphatic heterocycles. The Morgan fingerprint density at radius 3 is 2.26 bits per heavy atom. The molecule has 5 fully saturated rings. The lowest BCUT2D eigenvalue weighted by atomic mass is 9.62. The minimum atomic E-state index is -0.270. The lowest BCUT2D eigenvalue weighted by Crippen LogP contribution is -2.41. The summed E-state index contributed by atoms with van der Waals surface area (Å²) in [6.07, 6.45) is 11.4. The highest BCUT2D eigenvalue weighted by Gasteiger charge is 2.65. The maximum Gasteiger partial charge on any atom is 0.306 e. The van der Waals surface area contributed by atoms with E-state index in [-0.39, 0.29) is 11.6 Å². The Hall–Kier alpha value is -0.530. The normalized spacial score (nSPS) is 48.8. The van der Waals surface area contributed by atoms with Crippen LogP contribution in [0, 0.1) is 59.2 Å². The number of carbonyl (C=O) groups excluding carboxylic acids is 1. The molecule has 9 atom stereocenters. The Balaban J connectivity index is 1.21. The Morgan fingerprint density at radius 1 is 0.889 bits per heavy atom. The van der Waals surface area contributed by atoms with E-state index in [4.69, 9.17) is 4.74 Å². The van der Waals surface area contributed by atoms with Crippen molar-refractivity contribution in [1.29, 1.82) is 0 Å². The van der Waals surface area contributed by atoms with Gasteiger partial charge in [0.1, 0.15) is 5.60 Å². The van der Waals surface area contributed by atoms with E-state index < -0.39 is 0 Å².